The van der Waals surface area contributed by atoms with E-state index in [9.17, 15) is 9.90 Å². The number of amides is 1. The highest BCUT2D eigenvalue weighted by atomic mass is 16.5. The molecule has 21 heavy (non-hydrogen) atoms. The number of nitrogens with one attached hydrogen (secondary N) is 1. The zero-order chi connectivity index (χ0) is 14.7. The van der Waals surface area contributed by atoms with Gasteiger partial charge in [0.05, 0.1) is 5.60 Å². The minimum atomic E-state index is -0.671. The highest BCUT2D eigenvalue weighted by molar-refractivity contribution is 5.76. The molecule has 1 heterocycles. The Labute approximate surface area is 124 Å². The molecule has 116 valence electrons. The summed E-state index contributed by atoms with van der Waals surface area (Å²) < 4.78 is 5.21. The first kappa shape index (κ1) is 14.5. The number of carbonyl (C=O) groups excluding carboxylic acids is 1. The lowest BCUT2D eigenvalue weighted by atomic mass is 9.80. The number of aryl methyl sites for hydroxylation is 1. The maximum Gasteiger partial charge on any atom is 0.227 e. The lowest BCUT2D eigenvalue weighted by Crippen LogP contribution is -2.47. The lowest BCUT2D eigenvalue weighted by molar-refractivity contribution is -0.123. The van der Waals surface area contributed by atoms with Crippen LogP contribution in [0.1, 0.15) is 69.0 Å². The maximum absolute atomic E-state index is 11.8. The van der Waals surface area contributed by atoms with Crippen molar-refractivity contribution >= 4 is 5.91 Å². The standard InChI is InChI=1S/C15H23N3O3/c19-12(16-10-15(20)8-3-9-15)6-7-13-17-14(18-21-13)11-4-1-2-5-11/h11,20H,1-10H2,(H,16,19). The summed E-state index contributed by atoms with van der Waals surface area (Å²) in [7, 11) is 0. The second-order valence-corrected chi connectivity index (χ2v) is 6.38. The predicted molar refractivity (Wildman–Crippen MR) is 75.6 cm³/mol. The van der Waals surface area contributed by atoms with Crippen LogP contribution in [-0.2, 0) is 11.2 Å². The summed E-state index contributed by atoms with van der Waals surface area (Å²) in [6.45, 7) is 0.350. The normalized spacial score (nSPS) is 21.2. The molecule has 6 heteroatoms. The van der Waals surface area contributed by atoms with Crippen molar-refractivity contribution in [3.05, 3.63) is 11.7 Å². The number of aromatic nitrogens is 2. The van der Waals surface area contributed by atoms with Gasteiger partial charge >= 0.3 is 0 Å². The molecular formula is C15H23N3O3. The van der Waals surface area contributed by atoms with E-state index in [2.05, 4.69) is 15.5 Å². The van der Waals surface area contributed by atoms with E-state index in [-0.39, 0.29) is 5.91 Å². The fourth-order valence-electron chi connectivity index (χ4n) is 3.05. The van der Waals surface area contributed by atoms with E-state index in [4.69, 9.17) is 4.52 Å². The van der Waals surface area contributed by atoms with Crippen LogP contribution in [0.5, 0.6) is 0 Å². The molecule has 0 aromatic carbocycles. The van der Waals surface area contributed by atoms with E-state index >= 15 is 0 Å². The second kappa shape index (κ2) is 6.13. The second-order valence-electron chi connectivity index (χ2n) is 6.38. The van der Waals surface area contributed by atoms with Gasteiger partial charge < -0.3 is 14.9 Å². The van der Waals surface area contributed by atoms with Gasteiger partial charge in [0.25, 0.3) is 0 Å². The molecule has 2 saturated carbocycles. The molecule has 0 radical (unpaired) electrons. The van der Waals surface area contributed by atoms with Crippen LogP contribution in [0, 0.1) is 0 Å². The minimum absolute atomic E-state index is 0.0732. The molecule has 1 aromatic heterocycles. The SMILES string of the molecule is O=C(CCc1nc(C2CCCC2)no1)NCC1(O)CCC1. The first-order valence-corrected chi connectivity index (χ1v) is 7.96. The summed E-state index contributed by atoms with van der Waals surface area (Å²) in [4.78, 5) is 16.1. The number of rotatable bonds is 6. The highest BCUT2D eigenvalue weighted by Gasteiger charge is 2.34. The third-order valence-corrected chi connectivity index (χ3v) is 4.67. The molecule has 0 unspecified atom stereocenters. The van der Waals surface area contributed by atoms with Crippen LogP contribution in [0.3, 0.4) is 0 Å². The van der Waals surface area contributed by atoms with Gasteiger partial charge in [-0.3, -0.25) is 4.79 Å². The van der Waals surface area contributed by atoms with Gasteiger partial charge in [-0.15, -0.1) is 0 Å². The molecule has 0 spiro atoms. The summed E-state index contributed by atoms with van der Waals surface area (Å²) in [5.74, 6) is 1.70. The third kappa shape index (κ3) is 3.61. The topological polar surface area (TPSA) is 88.2 Å². The van der Waals surface area contributed by atoms with E-state index in [0.717, 1.165) is 37.9 Å². The summed E-state index contributed by atoms with van der Waals surface area (Å²) >= 11 is 0. The average Bonchev–Trinajstić information content (AvgIpc) is 3.10. The van der Waals surface area contributed by atoms with Gasteiger partial charge in [-0.25, -0.2) is 0 Å². The van der Waals surface area contributed by atoms with Crippen molar-refractivity contribution < 1.29 is 14.4 Å². The monoisotopic (exact) mass is 293 g/mol. The fraction of sp³-hybridized carbons (Fsp3) is 0.800. The molecule has 2 N–H and O–H groups in total. The van der Waals surface area contributed by atoms with E-state index in [1.54, 1.807) is 0 Å². The van der Waals surface area contributed by atoms with Crippen LogP contribution in [0.15, 0.2) is 4.52 Å². The van der Waals surface area contributed by atoms with Crippen molar-refractivity contribution in [2.24, 2.45) is 0 Å². The first-order chi connectivity index (χ1) is 10.1. The number of aliphatic hydroxyl groups is 1. The smallest absolute Gasteiger partial charge is 0.227 e. The predicted octanol–water partition coefficient (Wildman–Crippen LogP) is 1.69. The van der Waals surface area contributed by atoms with Crippen LogP contribution in [0.25, 0.3) is 0 Å². The van der Waals surface area contributed by atoms with Crippen molar-refractivity contribution in [1.29, 1.82) is 0 Å². The Morgan fingerprint density at radius 2 is 2.10 bits per heavy atom. The summed E-state index contributed by atoms with van der Waals surface area (Å²) in [5.41, 5.74) is -0.671. The van der Waals surface area contributed by atoms with Crippen LogP contribution in [-0.4, -0.2) is 33.3 Å². The number of hydrogen-bond acceptors (Lipinski definition) is 5. The first-order valence-electron chi connectivity index (χ1n) is 7.96. The zero-order valence-corrected chi connectivity index (χ0v) is 12.3. The van der Waals surface area contributed by atoms with Gasteiger partial charge in [0, 0.05) is 25.3 Å². The molecular weight excluding hydrogens is 270 g/mol. The quantitative estimate of drug-likeness (QED) is 0.833. The third-order valence-electron chi connectivity index (χ3n) is 4.67. The summed E-state index contributed by atoms with van der Waals surface area (Å²) in [5, 5.41) is 16.7. The molecule has 2 aliphatic carbocycles. The number of nitrogens with zero attached hydrogens (tertiary/aromatic N) is 2. The van der Waals surface area contributed by atoms with Crippen LogP contribution < -0.4 is 5.32 Å². The molecule has 0 saturated heterocycles. The molecule has 2 fully saturated rings. The van der Waals surface area contributed by atoms with Gasteiger partial charge in [-0.2, -0.15) is 4.98 Å². The minimum Gasteiger partial charge on any atom is -0.388 e. The van der Waals surface area contributed by atoms with Crippen molar-refractivity contribution in [1.82, 2.24) is 15.5 Å². The van der Waals surface area contributed by atoms with Crippen molar-refractivity contribution in [2.75, 3.05) is 6.54 Å². The van der Waals surface area contributed by atoms with Crippen molar-refractivity contribution in [2.45, 2.75) is 69.3 Å². The van der Waals surface area contributed by atoms with E-state index in [1.165, 1.54) is 12.8 Å². The van der Waals surface area contributed by atoms with Gasteiger partial charge in [0.15, 0.2) is 5.82 Å². The Kier molecular flexibility index (Phi) is 4.24. The molecule has 1 amide bonds. The van der Waals surface area contributed by atoms with Gasteiger partial charge in [0.2, 0.25) is 11.8 Å². The lowest BCUT2D eigenvalue weighted by Gasteiger charge is -2.36. The van der Waals surface area contributed by atoms with Crippen LogP contribution in [0.4, 0.5) is 0 Å². The largest absolute Gasteiger partial charge is 0.388 e. The van der Waals surface area contributed by atoms with Gasteiger partial charge in [-0.1, -0.05) is 18.0 Å². The average molecular weight is 293 g/mol. The summed E-state index contributed by atoms with van der Waals surface area (Å²) in [6.07, 6.45) is 8.13. The highest BCUT2D eigenvalue weighted by Crippen LogP contribution is 2.32. The van der Waals surface area contributed by atoms with E-state index in [0.29, 0.717) is 31.2 Å². The Morgan fingerprint density at radius 3 is 2.76 bits per heavy atom. The van der Waals surface area contributed by atoms with Crippen molar-refractivity contribution in [3.63, 3.8) is 0 Å². The molecule has 0 atom stereocenters. The van der Waals surface area contributed by atoms with E-state index < -0.39 is 5.60 Å². The molecule has 6 nitrogen and oxygen atoms in total. The van der Waals surface area contributed by atoms with Crippen LogP contribution in [0.2, 0.25) is 0 Å². The van der Waals surface area contributed by atoms with E-state index in [1.807, 2.05) is 0 Å². The Hall–Kier alpha value is -1.43. The maximum atomic E-state index is 11.8. The Morgan fingerprint density at radius 1 is 1.33 bits per heavy atom. The number of carbonyl (C=O) groups is 1. The zero-order valence-electron chi connectivity index (χ0n) is 12.3. The fourth-order valence-corrected chi connectivity index (χ4v) is 3.05. The molecule has 1 aromatic rings. The molecule has 2 aliphatic rings. The van der Waals surface area contributed by atoms with Crippen molar-refractivity contribution in [3.8, 4) is 0 Å². The number of hydrogen-bond donors (Lipinski definition) is 2. The van der Waals surface area contributed by atoms with Crippen LogP contribution >= 0.6 is 0 Å². The Bertz CT molecular complexity index is 490. The van der Waals surface area contributed by atoms with Gasteiger partial charge in [-0.05, 0) is 32.1 Å². The summed E-state index contributed by atoms with van der Waals surface area (Å²) in [6, 6.07) is 0. The molecule has 3 rings (SSSR count). The van der Waals surface area contributed by atoms with Gasteiger partial charge in [0.1, 0.15) is 0 Å². The Balaban J connectivity index is 1.41. The molecule has 0 aliphatic heterocycles. The molecule has 0 bridgehead atoms.